The topological polar surface area (TPSA) is 62.5 Å². The Morgan fingerprint density at radius 1 is 1.20 bits per heavy atom. The first kappa shape index (κ1) is 29.1. The van der Waals surface area contributed by atoms with E-state index in [2.05, 4.69) is 30.0 Å². The predicted molar refractivity (Wildman–Crippen MR) is 148 cm³/mol. The molecule has 0 N–H and O–H groups in total. The second-order valence-corrected chi connectivity index (χ2v) is 8.01. The van der Waals surface area contributed by atoms with E-state index >= 15 is 0 Å². The van der Waals surface area contributed by atoms with Crippen molar-refractivity contribution in [1.82, 2.24) is 0 Å². The third-order valence-electron chi connectivity index (χ3n) is 5.63. The molecule has 0 bridgehead atoms. The number of hydrogen-bond acceptors (Lipinski definition) is 4. The minimum absolute atomic E-state index is 0.204. The summed E-state index contributed by atoms with van der Waals surface area (Å²) in [6.45, 7) is 15.3. The van der Waals surface area contributed by atoms with Gasteiger partial charge in [-0.15, -0.1) is 5.73 Å². The summed E-state index contributed by atoms with van der Waals surface area (Å²) >= 11 is 0. The minimum atomic E-state index is -0.204. The molecule has 0 radical (unpaired) electrons. The van der Waals surface area contributed by atoms with Crippen LogP contribution in [0.3, 0.4) is 0 Å². The van der Waals surface area contributed by atoms with Gasteiger partial charge >= 0.3 is 0 Å². The second kappa shape index (κ2) is 15.1. The van der Waals surface area contributed by atoms with Crippen molar-refractivity contribution in [2.75, 3.05) is 14.2 Å². The van der Waals surface area contributed by atoms with Crippen LogP contribution in [0.25, 0.3) is 5.57 Å². The maximum Gasteiger partial charge on any atom is 0.182 e. The van der Waals surface area contributed by atoms with Gasteiger partial charge < -0.3 is 4.74 Å². The molecule has 0 saturated heterocycles. The number of methoxy groups -OCH3 is 1. The fourth-order valence-corrected chi connectivity index (χ4v) is 3.32. The lowest BCUT2D eigenvalue weighted by molar-refractivity contribution is -0.111. The molecule has 4 heteroatoms. The highest BCUT2D eigenvalue weighted by Gasteiger charge is 2.13. The number of hydrogen-bond donors (Lipinski definition) is 0. The maximum absolute atomic E-state index is 13.1. The van der Waals surface area contributed by atoms with Crippen molar-refractivity contribution < 1.29 is 9.53 Å². The SMILES string of the molecule is C=C=C/C(=C\C(C#N)=C(/C)C(=O)/C=C(/CC)CC(/C=C\C(=C)CC)=NC)c1cccc(C)c1OC. The Morgan fingerprint density at radius 2 is 1.91 bits per heavy atom. The molecule has 0 spiro atoms. The number of nitriles is 1. The fraction of sp³-hybridized carbons (Fsp3) is 0.290. The summed E-state index contributed by atoms with van der Waals surface area (Å²) in [6, 6.07) is 7.94. The largest absolute Gasteiger partial charge is 0.496 e. The van der Waals surface area contributed by atoms with Crippen LogP contribution in [0.4, 0.5) is 0 Å². The molecule has 0 aliphatic rings. The molecule has 4 nitrogen and oxygen atoms in total. The van der Waals surface area contributed by atoms with Gasteiger partial charge in [-0.3, -0.25) is 9.79 Å². The van der Waals surface area contributed by atoms with Crippen LogP contribution in [0.1, 0.15) is 51.2 Å². The number of aliphatic imine (C=N–C) groups is 1. The summed E-state index contributed by atoms with van der Waals surface area (Å²) < 4.78 is 5.58. The summed E-state index contributed by atoms with van der Waals surface area (Å²) in [4.78, 5) is 17.4. The molecule has 0 atom stereocenters. The van der Waals surface area contributed by atoms with Crippen LogP contribution in [-0.4, -0.2) is 25.7 Å². The van der Waals surface area contributed by atoms with Gasteiger partial charge in [-0.05, 0) is 62.1 Å². The van der Waals surface area contributed by atoms with Crippen molar-refractivity contribution >= 4 is 17.1 Å². The summed E-state index contributed by atoms with van der Waals surface area (Å²) in [7, 11) is 3.34. The zero-order chi connectivity index (χ0) is 26.4. The summed E-state index contributed by atoms with van der Waals surface area (Å²) in [6.07, 6.45) is 11.0. The lowest BCUT2D eigenvalue weighted by Gasteiger charge is -2.12. The van der Waals surface area contributed by atoms with Crippen LogP contribution in [-0.2, 0) is 4.79 Å². The molecule has 182 valence electrons. The number of allylic oxidation sites excluding steroid dienone is 10. The number of carbonyl (C=O) groups excluding carboxylic acids is 1. The Kier molecular flexibility index (Phi) is 12.5. The number of carbonyl (C=O) groups is 1. The lowest BCUT2D eigenvalue weighted by atomic mass is 9.96. The molecule has 0 fully saturated rings. The van der Waals surface area contributed by atoms with Gasteiger partial charge in [-0.25, -0.2) is 0 Å². The van der Waals surface area contributed by atoms with E-state index in [9.17, 15) is 10.1 Å². The third-order valence-corrected chi connectivity index (χ3v) is 5.63. The van der Waals surface area contributed by atoms with Gasteiger partial charge in [0.2, 0.25) is 0 Å². The standard InChI is InChI=1S/C31H36N2O2/c1-9-13-26(29-15-12-14-23(5)31(29)35-8)20-27(21-32)24(6)30(34)19-25(11-3)18-28(33-7)17-16-22(4)10-2/h12-17,19-20H,1,4,10-11,18H2,2-3,5-8H3/b17-16-,25-19-,26-20+,27-24-,33-28?. The van der Waals surface area contributed by atoms with E-state index in [1.807, 2.05) is 51.1 Å². The Hall–Kier alpha value is -3.93. The molecule has 0 heterocycles. The Labute approximate surface area is 210 Å². The van der Waals surface area contributed by atoms with Gasteiger partial charge in [-0.1, -0.05) is 62.4 Å². The van der Waals surface area contributed by atoms with E-state index in [-0.39, 0.29) is 11.4 Å². The minimum Gasteiger partial charge on any atom is -0.496 e. The number of rotatable bonds is 12. The van der Waals surface area contributed by atoms with Crippen molar-refractivity contribution in [2.24, 2.45) is 4.99 Å². The number of ether oxygens (including phenoxy) is 1. The number of nitrogens with zero attached hydrogens (tertiary/aromatic N) is 2. The summed E-state index contributed by atoms with van der Waals surface area (Å²) in [5.41, 5.74) is 8.68. The summed E-state index contributed by atoms with van der Waals surface area (Å²) in [5, 5.41) is 9.87. The van der Waals surface area contributed by atoms with Gasteiger partial charge in [0.05, 0.1) is 18.8 Å². The van der Waals surface area contributed by atoms with E-state index in [4.69, 9.17) is 4.74 Å². The van der Waals surface area contributed by atoms with Crippen LogP contribution in [0, 0.1) is 18.3 Å². The van der Waals surface area contributed by atoms with E-state index in [0.29, 0.717) is 29.7 Å². The molecule has 1 aromatic carbocycles. The van der Waals surface area contributed by atoms with E-state index < -0.39 is 0 Å². The van der Waals surface area contributed by atoms with Gasteiger partial charge in [0.25, 0.3) is 0 Å². The molecule has 1 rings (SSSR count). The first-order chi connectivity index (χ1) is 16.8. The van der Waals surface area contributed by atoms with Gasteiger partial charge in [0.1, 0.15) is 5.75 Å². The highest BCUT2D eigenvalue weighted by Crippen LogP contribution is 2.31. The number of benzene rings is 1. The number of para-hydroxylation sites is 1. The molecule has 0 unspecified atom stereocenters. The second-order valence-electron chi connectivity index (χ2n) is 8.01. The predicted octanol–water partition coefficient (Wildman–Crippen LogP) is 7.46. The number of ketones is 1. The molecule has 0 aromatic heterocycles. The van der Waals surface area contributed by atoms with E-state index in [1.165, 1.54) is 0 Å². The summed E-state index contributed by atoms with van der Waals surface area (Å²) in [5.74, 6) is 0.495. The smallest absolute Gasteiger partial charge is 0.182 e. The van der Waals surface area contributed by atoms with Crippen LogP contribution in [0.2, 0.25) is 0 Å². The monoisotopic (exact) mass is 468 g/mol. The Balaban J connectivity index is 3.43. The molecule has 35 heavy (non-hydrogen) atoms. The average Bonchev–Trinajstić information content (AvgIpc) is 2.87. The highest BCUT2D eigenvalue weighted by molar-refractivity contribution is 6.06. The van der Waals surface area contributed by atoms with Crippen LogP contribution < -0.4 is 4.74 Å². The van der Waals surface area contributed by atoms with Crippen molar-refractivity contribution in [2.45, 2.75) is 47.0 Å². The van der Waals surface area contributed by atoms with Crippen molar-refractivity contribution in [3.8, 4) is 11.8 Å². The average molecular weight is 469 g/mol. The molecule has 0 saturated carbocycles. The van der Waals surface area contributed by atoms with Gasteiger partial charge in [0, 0.05) is 30.3 Å². The fourth-order valence-electron chi connectivity index (χ4n) is 3.32. The van der Waals surface area contributed by atoms with Crippen molar-refractivity contribution in [3.63, 3.8) is 0 Å². The molecule has 0 aliphatic heterocycles. The van der Waals surface area contributed by atoms with Gasteiger partial charge in [-0.2, -0.15) is 5.26 Å². The first-order valence-electron chi connectivity index (χ1n) is 11.6. The Morgan fingerprint density at radius 3 is 2.46 bits per heavy atom. The first-order valence-corrected chi connectivity index (χ1v) is 11.6. The molecular formula is C31H36N2O2. The molecular weight excluding hydrogens is 432 g/mol. The number of aryl methyl sites for hydroxylation is 1. The maximum atomic E-state index is 13.1. The molecule has 0 amide bonds. The quantitative estimate of drug-likeness (QED) is 0.105. The van der Waals surface area contributed by atoms with Gasteiger partial charge in [0.15, 0.2) is 5.78 Å². The van der Waals surface area contributed by atoms with Crippen LogP contribution >= 0.6 is 0 Å². The van der Waals surface area contributed by atoms with Crippen LogP contribution in [0.15, 0.2) is 94.8 Å². The molecule has 1 aromatic rings. The van der Waals surface area contributed by atoms with Crippen molar-refractivity contribution in [3.05, 3.63) is 101 Å². The third kappa shape index (κ3) is 8.74. The molecule has 0 aliphatic carbocycles. The lowest BCUT2D eigenvalue weighted by Crippen LogP contribution is -2.03. The Bertz CT molecular complexity index is 1190. The van der Waals surface area contributed by atoms with Crippen molar-refractivity contribution in [1.29, 1.82) is 5.26 Å². The highest BCUT2D eigenvalue weighted by atomic mass is 16.5. The zero-order valence-corrected chi connectivity index (χ0v) is 21.9. The van der Waals surface area contributed by atoms with Crippen LogP contribution in [0.5, 0.6) is 5.75 Å². The zero-order valence-electron chi connectivity index (χ0n) is 21.9. The van der Waals surface area contributed by atoms with E-state index in [0.717, 1.165) is 34.4 Å². The van der Waals surface area contributed by atoms with E-state index in [1.54, 1.807) is 39.3 Å². The normalized spacial score (nSPS) is 13.1.